The quantitative estimate of drug-likeness (QED) is 0.675. The molecule has 0 atom stereocenters. The molecule has 0 aliphatic heterocycles. The van der Waals surface area contributed by atoms with Gasteiger partial charge in [-0.25, -0.2) is 0 Å². The lowest BCUT2D eigenvalue weighted by Crippen LogP contribution is -2.12. The summed E-state index contributed by atoms with van der Waals surface area (Å²) < 4.78 is 5.36. The van der Waals surface area contributed by atoms with Gasteiger partial charge in [-0.15, -0.1) is 0 Å². The Balaban J connectivity index is 2.11. The second-order valence-corrected chi connectivity index (χ2v) is 5.52. The smallest absolute Gasteiger partial charge is 0.200 e. The van der Waals surface area contributed by atoms with Gasteiger partial charge in [0.15, 0.2) is 18.1 Å². The Hall–Kier alpha value is -0.930. The van der Waals surface area contributed by atoms with Gasteiger partial charge in [-0.1, -0.05) is 52.5 Å². The van der Waals surface area contributed by atoms with Crippen molar-refractivity contribution in [2.45, 2.75) is 0 Å². The number of Topliss-reactive ketones (excluding diaryl/α,β-unsaturated/α-hetero) is 1. The van der Waals surface area contributed by atoms with Gasteiger partial charge in [-0.05, 0) is 30.3 Å². The van der Waals surface area contributed by atoms with E-state index in [4.69, 9.17) is 51.1 Å². The van der Waals surface area contributed by atoms with Crippen molar-refractivity contribution in [2.24, 2.45) is 0 Å². The summed E-state index contributed by atoms with van der Waals surface area (Å²) in [7, 11) is 0. The highest BCUT2D eigenvalue weighted by molar-refractivity contribution is 6.42. The maximum Gasteiger partial charge on any atom is 0.200 e. The van der Waals surface area contributed by atoms with E-state index in [9.17, 15) is 4.79 Å². The van der Waals surface area contributed by atoms with Crippen molar-refractivity contribution in [1.82, 2.24) is 0 Å². The maximum absolute atomic E-state index is 12.0. The van der Waals surface area contributed by atoms with Crippen molar-refractivity contribution in [3.63, 3.8) is 0 Å². The predicted molar refractivity (Wildman–Crippen MR) is 82.7 cm³/mol. The largest absolute Gasteiger partial charge is 0.482 e. The molecule has 0 saturated heterocycles. The Morgan fingerprint density at radius 2 is 1.55 bits per heavy atom. The van der Waals surface area contributed by atoms with Crippen molar-refractivity contribution >= 4 is 52.2 Å². The SMILES string of the molecule is O=C(COc1c(Cl)cccc1Cl)c1ccc(Cl)c(Cl)c1. The van der Waals surface area contributed by atoms with Crippen molar-refractivity contribution in [2.75, 3.05) is 6.61 Å². The fourth-order valence-electron chi connectivity index (χ4n) is 1.51. The first-order valence-electron chi connectivity index (χ1n) is 5.54. The number of hydrogen-bond donors (Lipinski definition) is 0. The van der Waals surface area contributed by atoms with Crippen LogP contribution in [-0.4, -0.2) is 12.4 Å². The summed E-state index contributed by atoms with van der Waals surface area (Å²) in [6, 6.07) is 9.58. The summed E-state index contributed by atoms with van der Waals surface area (Å²) in [6.45, 7) is -0.193. The highest BCUT2D eigenvalue weighted by Gasteiger charge is 2.12. The van der Waals surface area contributed by atoms with Crippen molar-refractivity contribution in [3.8, 4) is 5.75 Å². The molecule has 2 aromatic rings. The third-order valence-electron chi connectivity index (χ3n) is 2.51. The number of ketones is 1. The Morgan fingerprint density at radius 3 is 2.15 bits per heavy atom. The first-order chi connectivity index (χ1) is 9.49. The molecule has 0 aliphatic rings. The Morgan fingerprint density at radius 1 is 0.900 bits per heavy atom. The summed E-state index contributed by atoms with van der Waals surface area (Å²) in [5, 5.41) is 1.39. The monoisotopic (exact) mass is 348 g/mol. The number of ether oxygens (including phenoxy) is 1. The summed E-state index contributed by atoms with van der Waals surface area (Å²) >= 11 is 23.5. The Labute approximate surface area is 136 Å². The van der Waals surface area contributed by atoms with Crippen LogP contribution in [0.4, 0.5) is 0 Å². The molecule has 0 amide bonds. The molecular formula is C14H8Cl4O2. The van der Waals surface area contributed by atoms with Gasteiger partial charge < -0.3 is 4.74 Å². The van der Waals surface area contributed by atoms with Gasteiger partial charge in [-0.2, -0.15) is 0 Å². The molecule has 0 saturated carbocycles. The van der Waals surface area contributed by atoms with E-state index in [1.54, 1.807) is 30.3 Å². The van der Waals surface area contributed by atoms with Gasteiger partial charge >= 0.3 is 0 Å². The van der Waals surface area contributed by atoms with E-state index in [2.05, 4.69) is 0 Å². The molecule has 0 unspecified atom stereocenters. The Kier molecular flexibility index (Phi) is 5.17. The van der Waals surface area contributed by atoms with Crippen LogP contribution in [0.1, 0.15) is 10.4 Å². The van der Waals surface area contributed by atoms with Crippen LogP contribution in [0, 0.1) is 0 Å². The molecule has 0 aromatic heterocycles. The molecular weight excluding hydrogens is 342 g/mol. The van der Waals surface area contributed by atoms with Crippen molar-refractivity contribution in [3.05, 3.63) is 62.1 Å². The van der Waals surface area contributed by atoms with Gasteiger partial charge in [0.2, 0.25) is 0 Å². The van der Waals surface area contributed by atoms with E-state index in [-0.39, 0.29) is 18.1 Å². The number of carbonyl (C=O) groups excluding carboxylic acids is 1. The van der Waals surface area contributed by atoms with E-state index in [0.717, 1.165) is 0 Å². The zero-order valence-electron chi connectivity index (χ0n) is 10.00. The zero-order chi connectivity index (χ0) is 14.7. The highest BCUT2D eigenvalue weighted by Crippen LogP contribution is 2.32. The van der Waals surface area contributed by atoms with Crippen molar-refractivity contribution in [1.29, 1.82) is 0 Å². The van der Waals surface area contributed by atoms with E-state index in [1.807, 2.05) is 0 Å². The van der Waals surface area contributed by atoms with Crippen LogP contribution in [0.2, 0.25) is 20.1 Å². The van der Waals surface area contributed by atoms with Crippen LogP contribution in [0.3, 0.4) is 0 Å². The van der Waals surface area contributed by atoms with Crippen LogP contribution in [0.15, 0.2) is 36.4 Å². The highest BCUT2D eigenvalue weighted by atomic mass is 35.5. The molecule has 0 N–H and O–H groups in total. The molecule has 20 heavy (non-hydrogen) atoms. The maximum atomic E-state index is 12.0. The molecule has 104 valence electrons. The number of rotatable bonds is 4. The molecule has 0 fully saturated rings. The third kappa shape index (κ3) is 3.58. The molecule has 2 nitrogen and oxygen atoms in total. The molecule has 2 aromatic carbocycles. The first-order valence-corrected chi connectivity index (χ1v) is 7.05. The Bertz CT molecular complexity index is 635. The molecule has 2 rings (SSSR count). The van der Waals surface area contributed by atoms with Gasteiger partial charge in [0.1, 0.15) is 0 Å². The zero-order valence-corrected chi connectivity index (χ0v) is 13.0. The summed E-state index contributed by atoms with van der Waals surface area (Å²) in [6.07, 6.45) is 0. The number of para-hydroxylation sites is 1. The van der Waals surface area contributed by atoms with Crippen LogP contribution in [-0.2, 0) is 0 Å². The van der Waals surface area contributed by atoms with Crippen molar-refractivity contribution < 1.29 is 9.53 Å². The molecule has 6 heteroatoms. The van der Waals surface area contributed by atoms with Gasteiger partial charge in [0.05, 0.1) is 20.1 Å². The summed E-state index contributed by atoms with van der Waals surface area (Å²) in [4.78, 5) is 12.0. The van der Waals surface area contributed by atoms with E-state index < -0.39 is 0 Å². The van der Waals surface area contributed by atoms with Crippen LogP contribution < -0.4 is 4.74 Å². The second-order valence-electron chi connectivity index (χ2n) is 3.89. The minimum Gasteiger partial charge on any atom is -0.482 e. The molecule has 0 aliphatic carbocycles. The second kappa shape index (κ2) is 6.68. The normalized spacial score (nSPS) is 10.4. The van der Waals surface area contributed by atoms with Crippen LogP contribution in [0.5, 0.6) is 5.75 Å². The van der Waals surface area contributed by atoms with E-state index >= 15 is 0 Å². The number of benzene rings is 2. The minimum atomic E-state index is -0.250. The predicted octanol–water partition coefficient (Wildman–Crippen LogP) is 5.56. The molecule has 0 heterocycles. The summed E-state index contributed by atoms with van der Waals surface area (Å²) in [5.74, 6) is 0.0313. The third-order valence-corrected chi connectivity index (χ3v) is 3.84. The lowest BCUT2D eigenvalue weighted by Gasteiger charge is -2.09. The topological polar surface area (TPSA) is 26.3 Å². The van der Waals surface area contributed by atoms with Gasteiger partial charge in [0, 0.05) is 5.56 Å². The van der Waals surface area contributed by atoms with E-state index in [1.165, 1.54) is 6.07 Å². The minimum absolute atomic E-state index is 0.193. The number of halogens is 4. The van der Waals surface area contributed by atoms with Crippen LogP contribution >= 0.6 is 46.4 Å². The lowest BCUT2D eigenvalue weighted by atomic mass is 10.1. The number of hydrogen-bond acceptors (Lipinski definition) is 2. The van der Waals surface area contributed by atoms with Crippen LogP contribution in [0.25, 0.3) is 0 Å². The van der Waals surface area contributed by atoms with E-state index in [0.29, 0.717) is 25.7 Å². The first kappa shape index (κ1) is 15.5. The average molecular weight is 350 g/mol. The standard InChI is InChI=1S/C14H8Cl4O2/c15-9-5-4-8(6-12(9)18)13(19)7-20-14-10(16)2-1-3-11(14)17/h1-6H,7H2. The molecule has 0 bridgehead atoms. The fourth-order valence-corrected chi connectivity index (χ4v) is 2.32. The van der Waals surface area contributed by atoms with Gasteiger partial charge in [-0.3, -0.25) is 4.79 Å². The molecule has 0 spiro atoms. The number of carbonyl (C=O) groups is 1. The summed E-state index contributed by atoms with van der Waals surface area (Å²) in [5.41, 5.74) is 0.405. The lowest BCUT2D eigenvalue weighted by molar-refractivity contribution is 0.0922. The fraction of sp³-hybridized carbons (Fsp3) is 0.0714. The van der Waals surface area contributed by atoms with Gasteiger partial charge in [0.25, 0.3) is 0 Å². The molecule has 0 radical (unpaired) electrons. The average Bonchev–Trinajstić information content (AvgIpc) is 2.41.